The van der Waals surface area contributed by atoms with Gasteiger partial charge in [-0.25, -0.2) is 4.79 Å². The van der Waals surface area contributed by atoms with Gasteiger partial charge in [0.15, 0.2) is 0 Å². The van der Waals surface area contributed by atoms with E-state index in [0.717, 1.165) is 25.7 Å². The van der Waals surface area contributed by atoms with E-state index in [2.05, 4.69) is 10.3 Å². The second kappa shape index (κ2) is 8.61. The van der Waals surface area contributed by atoms with Crippen molar-refractivity contribution in [3.05, 3.63) is 65.5 Å². The van der Waals surface area contributed by atoms with Crippen LogP contribution in [0.4, 0.5) is 0 Å². The molecule has 5 heteroatoms. The van der Waals surface area contributed by atoms with E-state index in [1.165, 1.54) is 5.56 Å². The van der Waals surface area contributed by atoms with E-state index in [1.54, 1.807) is 25.3 Å². The number of hydrogen-bond acceptors (Lipinski definition) is 4. The van der Waals surface area contributed by atoms with E-state index < -0.39 is 0 Å². The summed E-state index contributed by atoms with van der Waals surface area (Å²) in [6.07, 6.45) is 5.67. The second-order valence-corrected chi connectivity index (χ2v) is 6.59. The van der Waals surface area contributed by atoms with Crippen molar-refractivity contribution in [1.82, 2.24) is 10.3 Å². The molecule has 136 valence electrons. The summed E-state index contributed by atoms with van der Waals surface area (Å²) < 4.78 is 5.02. The number of carbonyl (C=O) groups excluding carboxylic acids is 2. The number of rotatable bonds is 5. The zero-order chi connectivity index (χ0) is 18.4. The van der Waals surface area contributed by atoms with Crippen LogP contribution in [0.5, 0.6) is 0 Å². The lowest BCUT2D eigenvalue weighted by molar-refractivity contribution is 0.0526. The first-order valence-corrected chi connectivity index (χ1v) is 9.16. The Bertz CT molecular complexity index is 744. The van der Waals surface area contributed by atoms with Crippen LogP contribution in [0.15, 0.2) is 48.7 Å². The number of ether oxygens (including phenoxy) is 1. The Morgan fingerprint density at radius 2 is 1.96 bits per heavy atom. The average Bonchev–Trinajstić information content (AvgIpc) is 2.69. The predicted molar refractivity (Wildman–Crippen MR) is 99.1 cm³/mol. The summed E-state index contributed by atoms with van der Waals surface area (Å²) in [6.45, 7) is 2.18. The summed E-state index contributed by atoms with van der Waals surface area (Å²) in [5.41, 5.74) is 2.23. The Morgan fingerprint density at radius 3 is 2.65 bits per heavy atom. The van der Waals surface area contributed by atoms with Crippen molar-refractivity contribution in [3.8, 4) is 0 Å². The van der Waals surface area contributed by atoms with Gasteiger partial charge in [-0.2, -0.15) is 0 Å². The number of benzene rings is 1. The van der Waals surface area contributed by atoms with Crippen LogP contribution in [-0.4, -0.2) is 29.5 Å². The van der Waals surface area contributed by atoms with Gasteiger partial charge in [0.05, 0.1) is 12.2 Å². The van der Waals surface area contributed by atoms with Gasteiger partial charge in [0.1, 0.15) is 5.69 Å². The maximum atomic E-state index is 12.3. The number of carbonyl (C=O) groups is 2. The molecule has 0 spiro atoms. The first kappa shape index (κ1) is 18.1. The van der Waals surface area contributed by atoms with Gasteiger partial charge in [0.25, 0.3) is 5.91 Å². The molecule has 1 aromatic carbocycles. The first-order valence-electron chi connectivity index (χ1n) is 9.16. The fraction of sp³-hybridized carbons (Fsp3) is 0.381. The molecule has 1 heterocycles. The maximum Gasteiger partial charge on any atom is 0.338 e. The number of nitrogens with zero attached hydrogens (tertiary/aromatic N) is 1. The normalized spacial score (nSPS) is 19.6. The first-order chi connectivity index (χ1) is 12.7. The number of aromatic nitrogens is 1. The Labute approximate surface area is 153 Å². The summed E-state index contributed by atoms with van der Waals surface area (Å²) in [4.78, 5) is 28.2. The van der Waals surface area contributed by atoms with Gasteiger partial charge < -0.3 is 10.1 Å². The van der Waals surface area contributed by atoms with Crippen molar-refractivity contribution in [2.24, 2.45) is 0 Å². The van der Waals surface area contributed by atoms with E-state index in [9.17, 15) is 9.59 Å². The topological polar surface area (TPSA) is 68.3 Å². The fourth-order valence-electron chi connectivity index (χ4n) is 3.49. The van der Waals surface area contributed by atoms with Crippen molar-refractivity contribution in [2.75, 3.05) is 6.61 Å². The largest absolute Gasteiger partial charge is 0.462 e. The summed E-state index contributed by atoms with van der Waals surface area (Å²) in [7, 11) is 0. The lowest BCUT2D eigenvalue weighted by Gasteiger charge is -2.30. The van der Waals surface area contributed by atoms with Gasteiger partial charge in [0.2, 0.25) is 0 Å². The highest BCUT2D eigenvalue weighted by atomic mass is 16.5. The third kappa shape index (κ3) is 4.48. The molecule has 0 bridgehead atoms. The maximum absolute atomic E-state index is 12.3. The van der Waals surface area contributed by atoms with E-state index in [0.29, 0.717) is 23.8 Å². The van der Waals surface area contributed by atoms with Gasteiger partial charge in [-0.1, -0.05) is 24.6 Å². The number of esters is 1. The number of nitrogens with one attached hydrogen (secondary N) is 1. The van der Waals surface area contributed by atoms with Crippen LogP contribution in [0.3, 0.4) is 0 Å². The number of pyridine rings is 1. The highest BCUT2D eigenvalue weighted by Crippen LogP contribution is 2.33. The van der Waals surface area contributed by atoms with Crippen molar-refractivity contribution in [3.63, 3.8) is 0 Å². The van der Waals surface area contributed by atoms with E-state index in [4.69, 9.17) is 4.74 Å². The molecule has 1 aliphatic carbocycles. The lowest BCUT2D eigenvalue weighted by atomic mass is 9.81. The van der Waals surface area contributed by atoms with Crippen molar-refractivity contribution < 1.29 is 14.3 Å². The average molecular weight is 352 g/mol. The molecule has 1 fully saturated rings. The molecule has 2 atom stereocenters. The molecule has 1 aromatic heterocycles. The van der Waals surface area contributed by atoms with Crippen molar-refractivity contribution in [1.29, 1.82) is 0 Å². The molecule has 3 rings (SSSR count). The highest BCUT2D eigenvalue weighted by molar-refractivity contribution is 5.92. The summed E-state index contributed by atoms with van der Waals surface area (Å²) >= 11 is 0. The molecule has 0 unspecified atom stereocenters. The molecule has 1 N–H and O–H groups in total. The van der Waals surface area contributed by atoms with Crippen molar-refractivity contribution in [2.45, 2.75) is 44.6 Å². The molecule has 1 amide bonds. The standard InChI is InChI=1S/C21H24N2O3/c1-2-26-21(25)16-11-9-15(10-12-16)17-6-5-7-18(14-17)23-20(24)19-8-3-4-13-22-19/h3-4,8-13,17-18H,2,5-7,14H2,1H3,(H,23,24)/t17-,18+/m1/s1. The van der Waals surface area contributed by atoms with Gasteiger partial charge in [-0.3, -0.25) is 9.78 Å². The van der Waals surface area contributed by atoms with Gasteiger partial charge in [-0.15, -0.1) is 0 Å². The Hall–Kier alpha value is -2.69. The molecule has 1 saturated carbocycles. The Kier molecular flexibility index (Phi) is 6.00. The summed E-state index contributed by atoms with van der Waals surface area (Å²) in [5.74, 6) is -0.0221. The molecule has 26 heavy (non-hydrogen) atoms. The Balaban J connectivity index is 1.61. The molecular weight excluding hydrogens is 328 g/mol. The quantitative estimate of drug-likeness (QED) is 0.833. The zero-order valence-corrected chi connectivity index (χ0v) is 15.0. The van der Waals surface area contributed by atoms with Crippen LogP contribution < -0.4 is 5.32 Å². The zero-order valence-electron chi connectivity index (χ0n) is 15.0. The molecule has 0 saturated heterocycles. The molecule has 2 aromatic rings. The highest BCUT2D eigenvalue weighted by Gasteiger charge is 2.25. The van der Waals surface area contributed by atoms with Crippen molar-refractivity contribution >= 4 is 11.9 Å². The molecule has 5 nitrogen and oxygen atoms in total. The van der Waals surface area contributed by atoms with E-state index in [1.807, 2.05) is 30.3 Å². The smallest absolute Gasteiger partial charge is 0.338 e. The van der Waals surface area contributed by atoms with Crippen LogP contribution in [-0.2, 0) is 4.74 Å². The molecule has 0 radical (unpaired) electrons. The molecule has 1 aliphatic rings. The van der Waals surface area contributed by atoms with Crippen LogP contribution in [0, 0.1) is 0 Å². The molecule has 0 aliphatic heterocycles. The minimum absolute atomic E-state index is 0.117. The van der Waals surface area contributed by atoms with E-state index >= 15 is 0 Å². The monoisotopic (exact) mass is 352 g/mol. The summed E-state index contributed by atoms with van der Waals surface area (Å²) in [6, 6.07) is 13.1. The minimum Gasteiger partial charge on any atom is -0.462 e. The minimum atomic E-state index is -0.289. The van der Waals surface area contributed by atoms with Crippen LogP contribution in [0.1, 0.15) is 64.9 Å². The summed E-state index contributed by atoms with van der Waals surface area (Å²) in [5, 5.41) is 3.11. The predicted octanol–water partition coefficient (Wildman–Crippen LogP) is 3.71. The lowest BCUT2D eigenvalue weighted by Crippen LogP contribution is -2.38. The van der Waals surface area contributed by atoms with Gasteiger partial charge in [0, 0.05) is 12.2 Å². The van der Waals surface area contributed by atoms with Crippen LogP contribution >= 0.6 is 0 Å². The SMILES string of the molecule is CCOC(=O)c1ccc([C@@H]2CCC[C@H](NC(=O)c3ccccn3)C2)cc1. The number of hydrogen-bond donors (Lipinski definition) is 1. The molecular formula is C21H24N2O3. The van der Waals surface area contributed by atoms with Crippen LogP contribution in [0.25, 0.3) is 0 Å². The van der Waals surface area contributed by atoms with Crippen LogP contribution in [0.2, 0.25) is 0 Å². The van der Waals surface area contributed by atoms with Gasteiger partial charge >= 0.3 is 5.97 Å². The third-order valence-electron chi connectivity index (χ3n) is 4.80. The fourth-order valence-corrected chi connectivity index (χ4v) is 3.49. The second-order valence-electron chi connectivity index (χ2n) is 6.59. The third-order valence-corrected chi connectivity index (χ3v) is 4.80. The van der Waals surface area contributed by atoms with Gasteiger partial charge in [-0.05, 0) is 61.9 Å². The number of amides is 1. The Morgan fingerprint density at radius 1 is 1.15 bits per heavy atom. The van der Waals surface area contributed by atoms with E-state index in [-0.39, 0.29) is 17.9 Å².